The third-order valence-electron chi connectivity index (χ3n) is 5.35. The molecule has 0 bridgehead atoms. The van der Waals surface area contributed by atoms with Gasteiger partial charge in [0.2, 0.25) is 11.8 Å². The Bertz CT molecular complexity index is 892. The standard InChI is InChI=1S/C21H22N4O3/c26-19(24-13-11-23(12-14-24)17-5-8-22-9-6-17)7-10-25-20(27)15-16-3-1-2-4-18(16)21(25)28/h1-6,8-9H,7,10-15H2. The normalized spacial score (nSPS) is 16.9. The van der Waals surface area contributed by atoms with Crippen LogP contribution in [0.1, 0.15) is 22.3 Å². The Morgan fingerprint density at radius 3 is 2.43 bits per heavy atom. The number of carbonyl (C=O) groups is 3. The highest BCUT2D eigenvalue weighted by Gasteiger charge is 2.31. The molecule has 0 aliphatic carbocycles. The lowest BCUT2D eigenvalue weighted by Gasteiger charge is -2.36. The predicted octanol–water partition coefficient (Wildman–Crippen LogP) is 1.35. The summed E-state index contributed by atoms with van der Waals surface area (Å²) in [4.78, 5) is 46.8. The number of piperazine rings is 1. The first-order chi connectivity index (χ1) is 13.6. The third-order valence-corrected chi connectivity index (χ3v) is 5.35. The van der Waals surface area contributed by atoms with Crippen LogP contribution < -0.4 is 4.90 Å². The van der Waals surface area contributed by atoms with Gasteiger partial charge in [-0.25, -0.2) is 0 Å². The van der Waals surface area contributed by atoms with E-state index >= 15 is 0 Å². The summed E-state index contributed by atoms with van der Waals surface area (Å²) >= 11 is 0. The van der Waals surface area contributed by atoms with Crippen LogP contribution in [-0.2, 0) is 16.0 Å². The van der Waals surface area contributed by atoms with Crippen molar-refractivity contribution in [3.8, 4) is 0 Å². The smallest absolute Gasteiger partial charge is 0.260 e. The van der Waals surface area contributed by atoms with Crippen LogP contribution in [0.25, 0.3) is 0 Å². The van der Waals surface area contributed by atoms with Crippen molar-refractivity contribution in [3.63, 3.8) is 0 Å². The van der Waals surface area contributed by atoms with E-state index in [1.54, 1.807) is 30.6 Å². The van der Waals surface area contributed by atoms with Crippen LogP contribution in [0.3, 0.4) is 0 Å². The second-order valence-electron chi connectivity index (χ2n) is 7.01. The number of pyridine rings is 1. The maximum atomic E-state index is 12.6. The van der Waals surface area contributed by atoms with Crippen molar-refractivity contribution in [1.82, 2.24) is 14.8 Å². The van der Waals surface area contributed by atoms with Gasteiger partial charge in [-0.2, -0.15) is 0 Å². The van der Waals surface area contributed by atoms with Crippen molar-refractivity contribution >= 4 is 23.4 Å². The third kappa shape index (κ3) is 3.60. The van der Waals surface area contributed by atoms with Gasteiger partial charge in [0, 0.05) is 62.8 Å². The first-order valence-corrected chi connectivity index (χ1v) is 9.49. The molecule has 28 heavy (non-hydrogen) atoms. The number of imide groups is 1. The first kappa shape index (κ1) is 18.2. The molecule has 0 unspecified atom stereocenters. The zero-order valence-corrected chi connectivity index (χ0v) is 15.6. The minimum atomic E-state index is -0.304. The monoisotopic (exact) mass is 378 g/mol. The Labute approximate surface area is 163 Å². The molecule has 3 amide bonds. The van der Waals surface area contributed by atoms with Gasteiger partial charge in [-0.15, -0.1) is 0 Å². The van der Waals surface area contributed by atoms with Gasteiger partial charge in [0.1, 0.15) is 0 Å². The average molecular weight is 378 g/mol. The Kier molecular flexibility index (Phi) is 5.06. The molecule has 3 heterocycles. The Morgan fingerprint density at radius 2 is 1.68 bits per heavy atom. The van der Waals surface area contributed by atoms with Crippen LogP contribution in [0, 0.1) is 0 Å². The topological polar surface area (TPSA) is 73.8 Å². The summed E-state index contributed by atoms with van der Waals surface area (Å²) in [6, 6.07) is 11.1. The van der Waals surface area contributed by atoms with E-state index in [1.807, 2.05) is 23.1 Å². The molecule has 0 saturated carbocycles. The molecule has 4 rings (SSSR count). The molecule has 0 spiro atoms. The molecule has 7 heteroatoms. The van der Waals surface area contributed by atoms with Crippen molar-refractivity contribution in [2.45, 2.75) is 12.8 Å². The molecule has 1 saturated heterocycles. The van der Waals surface area contributed by atoms with E-state index in [0.717, 1.165) is 24.3 Å². The highest BCUT2D eigenvalue weighted by atomic mass is 16.2. The van der Waals surface area contributed by atoms with Gasteiger partial charge in [0.15, 0.2) is 0 Å². The Hall–Kier alpha value is -3.22. The predicted molar refractivity (Wildman–Crippen MR) is 104 cm³/mol. The maximum Gasteiger partial charge on any atom is 0.260 e. The highest BCUT2D eigenvalue weighted by Crippen LogP contribution is 2.20. The number of fused-ring (bicyclic) bond motifs is 1. The van der Waals surface area contributed by atoms with Gasteiger partial charge in [-0.3, -0.25) is 24.3 Å². The molecule has 1 fully saturated rings. The van der Waals surface area contributed by atoms with Crippen LogP contribution in [-0.4, -0.2) is 65.2 Å². The summed E-state index contributed by atoms with van der Waals surface area (Å²) in [5.74, 6) is -0.560. The molecule has 7 nitrogen and oxygen atoms in total. The van der Waals surface area contributed by atoms with Gasteiger partial charge in [-0.1, -0.05) is 18.2 Å². The van der Waals surface area contributed by atoms with Crippen LogP contribution in [0.2, 0.25) is 0 Å². The van der Waals surface area contributed by atoms with Crippen LogP contribution in [0.5, 0.6) is 0 Å². The van der Waals surface area contributed by atoms with E-state index in [0.29, 0.717) is 18.7 Å². The molecular formula is C21H22N4O3. The second-order valence-corrected chi connectivity index (χ2v) is 7.01. The van der Waals surface area contributed by atoms with Crippen molar-refractivity contribution in [2.24, 2.45) is 0 Å². The average Bonchev–Trinajstić information content (AvgIpc) is 2.74. The second kappa shape index (κ2) is 7.80. The SMILES string of the molecule is O=C(CCN1C(=O)Cc2ccccc2C1=O)N1CCN(c2ccncc2)CC1. The minimum Gasteiger partial charge on any atom is -0.368 e. The van der Waals surface area contributed by atoms with Crippen molar-refractivity contribution in [2.75, 3.05) is 37.6 Å². The number of anilines is 1. The summed E-state index contributed by atoms with van der Waals surface area (Å²) < 4.78 is 0. The maximum absolute atomic E-state index is 12.6. The molecule has 2 aromatic rings. The molecule has 144 valence electrons. The number of hydrogen-bond acceptors (Lipinski definition) is 5. The molecule has 0 atom stereocenters. The van der Waals surface area contributed by atoms with E-state index in [9.17, 15) is 14.4 Å². The van der Waals surface area contributed by atoms with Crippen LogP contribution >= 0.6 is 0 Å². The van der Waals surface area contributed by atoms with Crippen molar-refractivity contribution in [3.05, 3.63) is 59.9 Å². The number of aromatic nitrogens is 1. The molecule has 0 N–H and O–H groups in total. The highest BCUT2D eigenvalue weighted by molar-refractivity contribution is 6.09. The van der Waals surface area contributed by atoms with Crippen molar-refractivity contribution in [1.29, 1.82) is 0 Å². The van der Waals surface area contributed by atoms with Gasteiger partial charge < -0.3 is 9.80 Å². The lowest BCUT2D eigenvalue weighted by atomic mass is 9.98. The van der Waals surface area contributed by atoms with Gasteiger partial charge in [0.05, 0.1) is 6.42 Å². The lowest BCUT2D eigenvalue weighted by molar-refractivity contribution is -0.133. The van der Waals surface area contributed by atoms with Crippen LogP contribution in [0.4, 0.5) is 5.69 Å². The number of benzene rings is 1. The van der Waals surface area contributed by atoms with Gasteiger partial charge in [0.25, 0.3) is 5.91 Å². The largest absolute Gasteiger partial charge is 0.368 e. The molecule has 1 aromatic carbocycles. The number of amides is 3. The summed E-state index contributed by atoms with van der Waals surface area (Å²) in [6.45, 7) is 2.91. The molecule has 2 aliphatic rings. The fraction of sp³-hybridized carbons (Fsp3) is 0.333. The zero-order valence-electron chi connectivity index (χ0n) is 15.6. The van der Waals surface area contributed by atoms with Gasteiger partial charge in [-0.05, 0) is 23.8 Å². The van der Waals surface area contributed by atoms with E-state index in [1.165, 1.54) is 4.90 Å². The Balaban J connectivity index is 1.32. The molecular weight excluding hydrogens is 356 g/mol. The number of carbonyl (C=O) groups excluding carboxylic acids is 3. The molecule has 1 aromatic heterocycles. The number of nitrogens with zero attached hydrogens (tertiary/aromatic N) is 4. The number of hydrogen-bond donors (Lipinski definition) is 0. The van der Waals surface area contributed by atoms with Crippen LogP contribution in [0.15, 0.2) is 48.8 Å². The lowest BCUT2D eigenvalue weighted by Crippen LogP contribution is -2.50. The fourth-order valence-corrected chi connectivity index (χ4v) is 3.76. The summed E-state index contributed by atoms with van der Waals surface area (Å²) in [7, 11) is 0. The first-order valence-electron chi connectivity index (χ1n) is 9.49. The fourth-order valence-electron chi connectivity index (χ4n) is 3.76. The molecule has 0 radical (unpaired) electrons. The van der Waals surface area contributed by atoms with Gasteiger partial charge >= 0.3 is 0 Å². The zero-order chi connectivity index (χ0) is 19.5. The van der Waals surface area contributed by atoms with E-state index in [-0.39, 0.29) is 37.1 Å². The Morgan fingerprint density at radius 1 is 0.964 bits per heavy atom. The van der Waals surface area contributed by atoms with E-state index in [4.69, 9.17) is 0 Å². The quantitative estimate of drug-likeness (QED) is 0.751. The number of rotatable bonds is 4. The van der Waals surface area contributed by atoms with E-state index in [2.05, 4.69) is 9.88 Å². The summed E-state index contributed by atoms with van der Waals surface area (Å²) in [6.07, 6.45) is 3.89. The summed E-state index contributed by atoms with van der Waals surface area (Å²) in [5.41, 5.74) is 2.41. The summed E-state index contributed by atoms with van der Waals surface area (Å²) in [5, 5.41) is 0. The van der Waals surface area contributed by atoms with E-state index < -0.39 is 0 Å². The van der Waals surface area contributed by atoms with Crippen molar-refractivity contribution < 1.29 is 14.4 Å². The minimum absolute atomic E-state index is 0.0196. The molecule has 2 aliphatic heterocycles.